The Morgan fingerprint density at radius 2 is 2.04 bits per heavy atom. The Morgan fingerprint density at radius 1 is 1.23 bits per heavy atom. The highest BCUT2D eigenvalue weighted by atomic mass is 35.5. The maximum atomic E-state index is 12.8. The van der Waals surface area contributed by atoms with Gasteiger partial charge in [0, 0.05) is 15.5 Å². The maximum Gasteiger partial charge on any atom is 0.282 e. The Bertz CT molecular complexity index is 1050. The molecular formula is C19H17ClN2OS3. The highest BCUT2D eigenvalue weighted by Gasteiger charge is 2.42. The summed E-state index contributed by atoms with van der Waals surface area (Å²) in [5.74, 6) is 1.30. The first-order valence-electron chi connectivity index (χ1n) is 8.72. The van der Waals surface area contributed by atoms with Gasteiger partial charge in [-0.1, -0.05) is 41.7 Å². The van der Waals surface area contributed by atoms with Gasteiger partial charge < -0.3 is 0 Å². The lowest BCUT2D eigenvalue weighted by molar-refractivity contribution is 0.536. The number of alkyl halides is 1. The molecule has 5 rings (SSSR count). The minimum atomic E-state index is -0.310. The summed E-state index contributed by atoms with van der Waals surface area (Å²) in [6.45, 7) is 0. The third-order valence-electron chi connectivity index (χ3n) is 5.05. The van der Waals surface area contributed by atoms with Gasteiger partial charge in [0.05, 0.1) is 11.3 Å². The van der Waals surface area contributed by atoms with Crippen molar-refractivity contribution in [2.24, 2.45) is 0 Å². The molecule has 134 valence electrons. The van der Waals surface area contributed by atoms with E-state index in [1.54, 1.807) is 34.9 Å². The Labute approximate surface area is 169 Å². The van der Waals surface area contributed by atoms with E-state index in [2.05, 4.69) is 33.8 Å². The van der Waals surface area contributed by atoms with Crippen LogP contribution >= 0.6 is 46.5 Å². The van der Waals surface area contributed by atoms with Crippen LogP contribution in [-0.2, 0) is 17.7 Å². The molecule has 3 heterocycles. The fourth-order valence-electron chi connectivity index (χ4n) is 3.82. The van der Waals surface area contributed by atoms with Gasteiger partial charge in [-0.15, -0.1) is 22.9 Å². The summed E-state index contributed by atoms with van der Waals surface area (Å²) in [4.78, 5) is 20.5. The van der Waals surface area contributed by atoms with Gasteiger partial charge in [-0.25, -0.2) is 0 Å². The number of aryl methyl sites for hydroxylation is 2. The zero-order valence-electron chi connectivity index (χ0n) is 14.0. The number of hydrogen-bond donors (Lipinski definition) is 0. The van der Waals surface area contributed by atoms with Crippen molar-refractivity contribution in [3.63, 3.8) is 0 Å². The summed E-state index contributed by atoms with van der Waals surface area (Å²) in [5, 5.41) is 1.66. The summed E-state index contributed by atoms with van der Waals surface area (Å²) < 4.78 is 2.27. The molecule has 1 unspecified atom stereocenters. The van der Waals surface area contributed by atoms with Crippen LogP contribution in [0.4, 0.5) is 0 Å². The van der Waals surface area contributed by atoms with Gasteiger partial charge in [0.25, 0.3) is 5.56 Å². The van der Waals surface area contributed by atoms with Crippen molar-refractivity contribution >= 4 is 56.7 Å². The molecule has 0 saturated carbocycles. The van der Waals surface area contributed by atoms with E-state index >= 15 is 0 Å². The van der Waals surface area contributed by atoms with E-state index in [0.29, 0.717) is 5.88 Å². The number of thioether (sulfide) groups is 2. The van der Waals surface area contributed by atoms with E-state index in [9.17, 15) is 4.79 Å². The smallest absolute Gasteiger partial charge is 0.282 e. The largest absolute Gasteiger partial charge is 0.294 e. The van der Waals surface area contributed by atoms with Crippen LogP contribution in [0.5, 0.6) is 0 Å². The average Bonchev–Trinajstić information content (AvgIpc) is 3.22. The number of hydrogen-bond acceptors (Lipinski definition) is 5. The lowest BCUT2D eigenvalue weighted by atomic mass is 9.97. The summed E-state index contributed by atoms with van der Waals surface area (Å²) in [7, 11) is 0. The second-order valence-corrected chi connectivity index (χ2v) is 10.4. The highest BCUT2D eigenvalue weighted by Crippen LogP contribution is 2.51. The summed E-state index contributed by atoms with van der Waals surface area (Å²) in [5.41, 5.74) is 1.18. The Kier molecular flexibility index (Phi) is 4.35. The number of thiophene rings is 1. The van der Waals surface area contributed by atoms with E-state index in [1.165, 1.54) is 21.8 Å². The first-order chi connectivity index (χ1) is 12.7. The lowest BCUT2D eigenvalue weighted by Gasteiger charge is -2.29. The number of rotatable bonds is 3. The van der Waals surface area contributed by atoms with Gasteiger partial charge in [-0.2, -0.15) is 4.98 Å². The van der Waals surface area contributed by atoms with Crippen LogP contribution in [0, 0.1) is 0 Å². The molecular weight excluding hydrogens is 404 g/mol. The maximum absolute atomic E-state index is 12.8. The molecule has 0 amide bonds. The number of nitrogens with zero attached hydrogens (tertiary/aromatic N) is 2. The SMILES string of the molecule is O=c1nc2n(c3sc4c(c13)CCCC4)C(CCl)(Sc1ccccc1)CS2. The van der Waals surface area contributed by atoms with E-state index in [4.69, 9.17) is 11.6 Å². The predicted octanol–water partition coefficient (Wildman–Crippen LogP) is 5.13. The normalized spacial score (nSPS) is 21.7. The van der Waals surface area contributed by atoms with Crippen molar-refractivity contribution in [1.82, 2.24) is 9.55 Å². The molecule has 1 aromatic carbocycles. The highest BCUT2D eigenvalue weighted by molar-refractivity contribution is 8.04. The average molecular weight is 421 g/mol. The zero-order chi connectivity index (χ0) is 17.7. The van der Waals surface area contributed by atoms with Crippen LogP contribution < -0.4 is 5.56 Å². The molecule has 2 aromatic heterocycles. The molecule has 0 spiro atoms. The van der Waals surface area contributed by atoms with Crippen LogP contribution in [0.25, 0.3) is 10.2 Å². The van der Waals surface area contributed by atoms with Crippen LogP contribution in [0.1, 0.15) is 23.3 Å². The predicted molar refractivity (Wildman–Crippen MR) is 112 cm³/mol. The standard InChI is InChI=1S/C19H17ClN2OS3/c20-10-19(26-12-6-2-1-3-7-12)11-24-18-21-16(23)15-13-8-4-5-9-14(13)25-17(15)22(18)19/h1-3,6-7H,4-5,8-11H2. The van der Waals surface area contributed by atoms with E-state index < -0.39 is 0 Å². The summed E-state index contributed by atoms with van der Waals surface area (Å²) in [6.07, 6.45) is 4.45. The molecule has 0 saturated heterocycles. The molecule has 1 aliphatic carbocycles. The van der Waals surface area contributed by atoms with Crippen LogP contribution in [-0.4, -0.2) is 21.2 Å². The first kappa shape index (κ1) is 17.2. The monoisotopic (exact) mass is 420 g/mol. The fourth-order valence-corrected chi connectivity index (χ4v) is 8.55. The van der Waals surface area contributed by atoms with Gasteiger partial charge in [0.15, 0.2) is 5.16 Å². The molecule has 3 nitrogen and oxygen atoms in total. The van der Waals surface area contributed by atoms with Gasteiger partial charge in [-0.05, 0) is 43.4 Å². The molecule has 0 bridgehead atoms. The first-order valence-corrected chi connectivity index (χ1v) is 11.9. The zero-order valence-corrected chi connectivity index (χ0v) is 17.2. The number of benzene rings is 1. The van der Waals surface area contributed by atoms with E-state index in [0.717, 1.165) is 40.4 Å². The molecule has 3 aromatic rings. The van der Waals surface area contributed by atoms with Crippen molar-refractivity contribution in [3.05, 3.63) is 51.1 Å². The Hall–Kier alpha value is -0.950. The summed E-state index contributed by atoms with van der Waals surface area (Å²) in [6, 6.07) is 10.4. The molecule has 1 atom stereocenters. The molecule has 1 aliphatic heterocycles. The van der Waals surface area contributed by atoms with Gasteiger partial charge in [0.2, 0.25) is 0 Å². The van der Waals surface area contributed by atoms with Crippen LogP contribution in [0.3, 0.4) is 0 Å². The van der Waals surface area contributed by atoms with E-state index in [1.807, 2.05) is 6.07 Å². The van der Waals surface area contributed by atoms with Gasteiger partial charge in [0.1, 0.15) is 9.70 Å². The second kappa shape index (κ2) is 6.59. The minimum absolute atomic E-state index is 0.0618. The van der Waals surface area contributed by atoms with Gasteiger partial charge in [-0.3, -0.25) is 9.36 Å². The minimum Gasteiger partial charge on any atom is -0.294 e. The molecule has 26 heavy (non-hydrogen) atoms. The van der Waals surface area contributed by atoms with Gasteiger partial charge >= 0.3 is 0 Å². The van der Waals surface area contributed by atoms with Crippen molar-refractivity contribution in [2.75, 3.05) is 11.6 Å². The van der Waals surface area contributed by atoms with Crippen molar-refractivity contribution in [2.45, 2.75) is 40.6 Å². The number of fused-ring (bicyclic) bond motifs is 5. The molecule has 0 fully saturated rings. The third-order valence-corrected chi connectivity index (χ3v) is 9.63. The van der Waals surface area contributed by atoms with Crippen molar-refractivity contribution in [1.29, 1.82) is 0 Å². The second-order valence-electron chi connectivity index (χ2n) is 6.71. The number of aromatic nitrogens is 2. The van der Waals surface area contributed by atoms with E-state index in [-0.39, 0.29) is 10.4 Å². The fraction of sp³-hybridized carbons (Fsp3) is 0.368. The Balaban J connectivity index is 1.74. The molecule has 2 aliphatic rings. The summed E-state index contributed by atoms with van der Waals surface area (Å²) >= 11 is 11.8. The van der Waals surface area contributed by atoms with Crippen molar-refractivity contribution in [3.8, 4) is 0 Å². The topological polar surface area (TPSA) is 34.9 Å². The quantitative estimate of drug-likeness (QED) is 0.434. The number of halogens is 1. The molecule has 7 heteroatoms. The third kappa shape index (κ3) is 2.57. The van der Waals surface area contributed by atoms with Crippen LogP contribution in [0.15, 0.2) is 45.2 Å². The van der Waals surface area contributed by atoms with Crippen molar-refractivity contribution < 1.29 is 0 Å². The Morgan fingerprint density at radius 3 is 2.85 bits per heavy atom. The van der Waals surface area contributed by atoms with Crippen LogP contribution in [0.2, 0.25) is 0 Å². The molecule has 0 radical (unpaired) electrons. The molecule has 0 N–H and O–H groups in total. The lowest BCUT2D eigenvalue weighted by Crippen LogP contribution is -2.32.